The molecular formula is C23H16N4O11S3. The second-order valence-electron chi connectivity index (χ2n) is 7.93. The topological polar surface area (TPSA) is 245 Å². The zero-order valence-electron chi connectivity index (χ0n) is 20.1. The Labute approximate surface area is 235 Å². The minimum atomic E-state index is -4.74. The van der Waals surface area contributed by atoms with Crippen molar-refractivity contribution in [1.82, 2.24) is 0 Å². The second kappa shape index (κ2) is 11.6. The van der Waals surface area contributed by atoms with Gasteiger partial charge in [0.1, 0.15) is 32.6 Å². The molecule has 15 nitrogen and oxygen atoms in total. The van der Waals surface area contributed by atoms with Crippen molar-refractivity contribution in [2.45, 2.75) is 9.79 Å². The van der Waals surface area contributed by atoms with Gasteiger partial charge in [0.2, 0.25) is 12.3 Å². The third kappa shape index (κ3) is 6.65. The lowest BCUT2D eigenvalue weighted by Gasteiger charge is -2.08. The molecule has 0 radical (unpaired) electrons. The third-order valence-corrected chi connectivity index (χ3v) is 7.39. The molecular weight excluding hydrogens is 604 g/mol. The lowest BCUT2D eigenvalue weighted by Crippen LogP contribution is -1.99. The Balaban J connectivity index is 1.74. The molecule has 4 aromatic rings. The van der Waals surface area contributed by atoms with Gasteiger partial charge in [-0.05, 0) is 36.4 Å². The number of carbonyl (C=O) groups is 1. The van der Waals surface area contributed by atoms with E-state index in [1.165, 1.54) is 30.3 Å². The van der Waals surface area contributed by atoms with Crippen molar-refractivity contribution in [2.75, 3.05) is 0 Å². The number of hydrogen-bond acceptors (Lipinski definition) is 13. The summed E-state index contributed by atoms with van der Waals surface area (Å²) in [5.41, 5.74) is -1.55. The molecule has 0 saturated carbocycles. The quantitative estimate of drug-likeness (QED) is 0.0813. The highest BCUT2D eigenvalue weighted by Crippen LogP contribution is 2.40. The largest absolute Gasteiger partial charge is 0.505 e. The summed E-state index contributed by atoms with van der Waals surface area (Å²) in [7, 11) is -9.47. The summed E-state index contributed by atoms with van der Waals surface area (Å²) in [5.74, 6) is -1.99. The zero-order chi connectivity index (χ0) is 29.9. The molecule has 0 atom stereocenters. The van der Waals surface area contributed by atoms with Crippen molar-refractivity contribution >= 4 is 72.1 Å². The third-order valence-electron chi connectivity index (χ3n) is 5.33. The first-order chi connectivity index (χ1) is 19.3. The van der Waals surface area contributed by atoms with Crippen LogP contribution in [0.1, 0.15) is 10.4 Å². The molecule has 4 rings (SSSR count). The van der Waals surface area contributed by atoms with Crippen LogP contribution in [0.3, 0.4) is 0 Å². The highest BCUT2D eigenvalue weighted by Gasteiger charge is 2.20. The molecule has 4 aromatic carbocycles. The smallest absolute Gasteiger partial charge is 0.338 e. The molecule has 0 heterocycles. The number of nitrogens with zero attached hydrogens (tertiary/aromatic N) is 4. The fourth-order valence-electron chi connectivity index (χ4n) is 3.55. The maximum absolute atomic E-state index is 11.9. The van der Waals surface area contributed by atoms with E-state index in [0.717, 1.165) is 36.4 Å². The van der Waals surface area contributed by atoms with E-state index in [1.54, 1.807) is 0 Å². The Hall–Kier alpha value is -4.46. The van der Waals surface area contributed by atoms with Crippen molar-refractivity contribution in [3.05, 3.63) is 72.3 Å². The lowest BCUT2D eigenvalue weighted by molar-refractivity contribution is 0.0697. The highest BCUT2D eigenvalue weighted by molar-refractivity contribution is 7.89. The fraction of sp³-hybridized carbons (Fsp3) is 0. The molecule has 0 spiro atoms. The number of fused-ring (bicyclic) bond motifs is 1. The molecule has 18 heteroatoms. The van der Waals surface area contributed by atoms with E-state index >= 15 is 0 Å². The summed E-state index contributed by atoms with van der Waals surface area (Å²) >= 11 is -0.0225. The Morgan fingerprint density at radius 3 is 2.00 bits per heavy atom. The number of phenolic OH excluding ortho intramolecular Hbond substituents is 1. The van der Waals surface area contributed by atoms with Crippen LogP contribution < -0.4 is 4.18 Å². The van der Waals surface area contributed by atoms with Gasteiger partial charge in [0.25, 0.3) is 20.2 Å². The summed E-state index contributed by atoms with van der Waals surface area (Å²) < 4.78 is 79.8. The molecule has 0 fully saturated rings. The molecule has 0 saturated heterocycles. The van der Waals surface area contributed by atoms with Crippen LogP contribution in [0.5, 0.6) is 11.5 Å². The van der Waals surface area contributed by atoms with Crippen LogP contribution in [0.2, 0.25) is 0 Å². The standard InChI is InChI=1S/C23H16N4O11S3/c28-22-15-4-2-1-3-14(15)21(41(35,36)37)11-19(22)27-25-17-7-5-12(9-16(17)23(29)30)24-26-18-10-13(38-39-31)6-8-20(18)40(32,33)34/h1-11,28,31H,(H,29,30)(H,32,33,34)(H,35,36,37)/b26-24+,27-25+. The number of carboxylic acids is 1. The molecule has 0 aliphatic carbocycles. The average molecular weight is 621 g/mol. The van der Waals surface area contributed by atoms with Crippen molar-refractivity contribution in [2.24, 2.45) is 20.5 Å². The molecule has 0 amide bonds. The van der Waals surface area contributed by atoms with E-state index < -0.39 is 47.3 Å². The summed E-state index contributed by atoms with van der Waals surface area (Å²) in [6.45, 7) is 0. The number of aromatic hydroxyl groups is 1. The van der Waals surface area contributed by atoms with Gasteiger partial charge < -0.3 is 14.4 Å². The molecule has 0 aromatic heterocycles. The molecule has 5 N–H and O–H groups in total. The predicted octanol–water partition coefficient (Wildman–Crippen LogP) is 6.07. The normalized spacial score (nSPS) is 12.4. The van der Waals surface area contributed by atoms with Gasteiger partial charge in [-0.15, -0.1) is 15.3 Å². The predicted molar refractivity (Wildman–Crippen MR) is 144 cm³/mol. The molecule has 0 unspecified atom stereocenters. The SMILES string of the molecule is O=C(O)c1cc(/N=N/c2cc(OSO)ccc2S(=O)(=O)O)ccc1/N=N/c1cc(S(=O)(=O)O)c2ccccc2c1O. The van der Waals surface area contributed by atoms with Crippen LogP contribution in [0.25, 0.3) is 10.8 Å². The number of rotatable bonds is 9. The number of phenols is 1. The maximum Gasteiger partial charge on any atom is 0.338 e. The highest BCUT2D eigenvalue weighted by atomic mass is 32.2. The van der Waals surface area contributed by atoms with E-state index in [4.69, 9.17) is 8.74 Å². The van der Waals surface area contributed by atoms with Crippen LogP contribution in [0.4, 0.5) is 22.7 Å². The number of azo groups is 2. The van der Waals surface area contributed by atoms with E-state index in [2.05, 4.69) is 20.5 Å². The van der Waals surface area contributed by atoms with Crippen LogP contribution in [-0.2, 0) is 20.2 Å². The minimum absolute atomic E-state index is 0.0225. The van der Waals surface area contributed by atoms with Gasteiger partial charge in [0.15, 0.2) is 5.75 Å². The summed E-state index contributed by atoms with van der Waals surface area (Å²) in [4.78, 5) is 10.7. The number of hydrogen-bond donors (Lipinski definition) is 5. The minimum Gasteiger partial charge on any atom is -0.505 e. The summed E-state index contributed by atoms with van der Waals surface area (Å²) in [5, 5.41) is 35.5. The van der Waals surface area contributed by atoms with Gasteiger partial charge in [0, 0.05) is 16.8 Å². The molecule has 0 aliphatic rings. The summed E-state index contributed by atoms with van der Waals surface area (Å²) in [6, 6.07) is 13.2. The van der Waals surface area contributed by atoms with Crippen LogP contribution in [-0.4, -0.2) is 46.7 Å². The van der Waals surface area contributed by atoms with Gasteiger partial charge in [-0.2, -0.15) is 21.9 Å². The monoisotopic (exact) mass is 620 g/mol. The molecule has 41 heavy (non-hydrogen) atoms. The first kappa shape index (κ1) is 29.5. The van der Waals surface area contributed by atoms with Crippen LogP contribution in [0.15, 0.2) is 97.0 Å². The van der Waals surface area contributed by atoms with Crippen molar-refractivity contribution in [3.63, 3.8) is 0 Å². The lowest BCUT2D eigenvalue weighted by atomic mass is 10.1. The van der Waals surface area contributed by atoms with Crippen molar-refractivity contribution in [1.29, 1.82) is 0 Å². The molecule has 212 valence electrons. The van der Waals surface area contributed by atoms with Gasteiger partial charge in [-0.1, -0.05) is 24.3 Å². The van der Waals surface area contributed by atoms with Gasteiger partial charge in [-0.25, -0.2) is 4.79 Å². The number of aromatic carboxylic acids is 1. The Morgan fingerprint density at radius 2 is 1.37 bits per heavy atom. The molecule has 0 bridgehead atoms. The van der Waals surface area contributed by atoms with Crippen molar-refractivity contribution < 1.29 is 49.7 Å². The zero-order valence-corrected chi connectivity index (χ0v) is 22.5. The van der Waals surface area contributed by atoms with Gasteiger partial charge in [0.05, 0.1) is 11.3 Å². The van der Waals surface area contributed by atoms with Crippen LogP contribution >= 0.6 is 12.3 Å². The molecule has 0 aliphatic heterocycles. The average Bonchev–Trinajstić information content (AvgIpc) is 2.90. The van der Waals surface area contributed by atoms with Gasteiger partial charge in [-0.3, -0.25) is 13.7 Å². The Morgan fingerprint density at radius 1 is 0.732 bits per heavy atom. The first-order valence-electron chi connectivity index (χ1n) is 10.8. The first-order valence-corrected chi connectivity index (χ1v) is 14.4. The number of benzene rings is 4. The maximum atomic E-state index is 11.9. The Kier molecular flexibility index (Phi) is 8.33. The van der Waals surface area contributed by atoms with E-state index in [-0.39, 0.29) is 51.6 Å². The van der Waals surface area contributed by atoms with Gasteiger partial charge >= 0.3 is 5.97 Å². The van der Waals surface area contributed by atoms with E-state index in [0.29, 0.717) is 0 Å². The summed E-state index contributed by atoms with van der Waals surface area (Å²) in [6.07, 6.45) is 0. The Bertz CT molecular complexity index is 1960. The van der Waals surface area contributed by atoms with Crippen LogP contribution in [0, 0.1) is 0 Å². The second-order valence-corrected chi connectivity index (χ2v) is 11.0. The fourth-order valence-corrected chi connectivity index (χ4v) is 5.07. The van der Waals surface area contributed by atoms with E-state index in [9.17, 15) is 40.9 Å². The van der Waals surface area contributed by atoms with Crippen molar-refractivity contribution in [3.8, 4) is 11.5 Å². The van der Waals surface area contributed by atoms with E-state index in [1.807, 2.05) is 0 Å². The number of carboxylic acid groups (broad SMARTS) is 1.